The van der Waals surface area contributed by atoms with Crippen LogP contribution in [0.4, 0.5) is 0 Å². The van der Waals surface area contributed by atoms with E-state index in [1.54, 1.807) is 13.3 Å². The molecule has 2 aromatic rings. The number of hydrogen-bond donors (Lipinski definition) is 1. The lowest BCUT2D eigenvalue weighted by molar-refractivity contribution is 0.0642. The summed E-state index contributed by atoms with van der Waals surface area (Å²) in [5.41, 5.74) is 1.57. The summed E-state index contributed by atoms with van der Waals surface area (Å²) in [6.07, 6.45) is 4.82. The Bertz CT molecular complexity index is 682. The zero-order valence-electron chi connectivity index (χ0n) is 14.6. The lowest BCUT2D eigenvalue weighted by atomic mass is 10.0. The second kappa shape index (κ2) is 8.62. The number of nitrogens with one attached hydrogen (secondary N) is 1. The van der Waals surface area contributed by atoms with Gasteiger partial charge in [0.05, 0.1) is 19.3 Å². The summed E-state index contributed by atoms with van der Waals surface area (Å²) in [4.78, 5) is 19.6. The van der Waals surface area contributed by atoms with Crippen molar-refractivity contribution in [3.05, 3.63) is 59.9 Å². The van der Waals surface area contributed by atoms with Crippen LogP contribution in [0.3, 0.4) is 0 Å². The maximum absolute atomic E-state index is 13.3. The van der Waals surface area contributed by atoms with E-state index in [2.05, 4.69) is 10.3 Å². The molecule has 1 amide bonds. The highest BCUT2D eigenvalue weighted by Crippen LogP contribution is 2.21. The number of carbonyl (C=O) groups excluding carboxylic acids is 1. The molecule has 3 rings (SSSR count). The first-order valence-corrected chi connectivity index (χ1v) is 8.83. The van der Waals surface area contributed by atoms with Crippen molar-refractivity contribution in [2.45, 2.75) is 31.8 Å². The van der Waals surface area contributed by atoms with Gasteiger partial charge in [0.2, 0.25) is 0 Å². The number of amides is 1. The molecule has 25 heavy (non-hydrogen) atoms. The normalized spacial score (nSPS) is 17.6. The molecule has 132 valence electrons. The van der Waals surface area contributed by atoms with Crippen molar-refractivity contribution in [1.29, 1.82) is 0 Å². The molecule has 2 heterocycles. The summed E-state index contributed by atoms with van der Waals surface area (Å²) < 4.78 is 5.28. The van der Waals surface area contributed by atoms with Crippen LogP contribution < -0.4 is 10.1 Å². The van der Waals surface area contributed by atoms with E-state index < -0.39 is 0 Å². The quantitative estimate of drug-likeness (QED) is 0.910. The summed E-state index contributed by atoms with van der Waals surface area (Å²) in [6.45, 7) is 2.48. The number of nitrogens with zero attached hydrogens (tertiary/aromatic N) is 2. The predicted molar refractivity (Wildman–Crippen MR) is 97.6 cm³/mol. The van der Waals surface area contributed by atoms with Crippen LogP contribution in [0.25, 0.3) is 0 Å². The first-order valence-electron chi connectivity index (χ1n) is 8.83. The molecule has 1 aliphatic heterocycles. The minimum absolute atomic E-state index is 0.0384. The molecule has 1 atom stereocenters. The summed E-state index contributed by atoms with van der Waals surface area (Å²) >= 11 is 0. The highest BCUT2D eigenvalue weighted by atomic mass is 16.5. The molecule has 0 unspecified atom stereocenters. The molecule has 0 aliphatic carbocycles. The van der Waals surface area contributed by atoms with Crippen molar-refractivity contribution in [1.82, 2.24) is 15.2 Å². The average molecular weight is 339 g/mol. The molecule has 1 aromatic carbocycles. The van der Waals surface area contributed by atoms with Gasteiger partial charge in [-0.15, -0.1) is 0 Å². The molecule has 1 aromatic heterocycles. The summed E-state index contributed by atoms with van der Waals surface area (Å²) in [5.74, 6) is 0.739. The van der Waals surface area contributed by atoms with Gasteiger partial charge in [-0.2, -0.15) is 0 Å². The van der Waals surface area contributed by atoms with E-state index in [9.17, 15) is 4.79 Å². The van der Waals surface area contributed by atoms with Crippen molar-refractivity contribution in [3.63, 3.8) is 0 Å². The van der Waals surface area contributed by atoms with E-state index in [0.29, 0.717) is 17.9 Å². The Morgan fingerprint density at radius 1 is 1.24 bits per heavy atom. The maximum atomic E-state index is 13.3. The summed E-state index contributed by atoms with van der Waals surface area (Å²) in [5, 5.41) is 3.42. The summed E-state index contributed by atoms with van der Waals surface area (Å²) in [6, 6.07) is 13.4. The third-order valence-electron chi connectivity index (χ3n) is 4.62. The Balaban J connectivity index is 1.87. The predicted octanol–water partition coefficient (Wildman–Crippen LogP) is 2.87. The van der Waals surface area contributed by atoms with E-state index >= 15 is 0 Å². The number of aromatic nitrogens is 1. The molecule has 1 saturated heterocycles. The van der Waals surface area contributed by atoms with Gasteiger partial charge in [0.15, 0.2) is 0 Å². The monoisotopic (exact) mass is 339 g/mol. The topological polar surface area (TPSA) is 54.5 Å². The van der Waals surface area contributed by atoms with Gasteiger partial charge in [0.25, 0.3) is 5.91 Å². The van der Waals surface area contributed by atoms with E-state index in [0.717, 1.165) is 38.0 Å². The van der Waals surface area contributed by atoms with Crippen molar-refractivity contribution in [3.8, 4) is 5.75 Å². The van der Waals surface area contributed by atoms with Crippen molar-refractivity contribution >= 4 is 5.91 Å². The summed E-state index contributed by atoms with van der Waals surface area (Å²) in [7, 11) is 1.62. The average Bonchev–Trinajstić information content (AvgIpc) is 2.96. The lowest BCUT2D eigenvalue weighted by Gasteiger charge is -2.31. The fourth-order valence-electron chi connectivity index (χ4n) is 3.27. The Morgan fingerprint density at radius 3 is 2.96 bits per heavy atom. The fraction of sp³-hybridized carbons (Fsp3) is 0.400. The molecule has 5 heteroatoms. The molecule has 1 N–H and O–H groups in total. The van der Waals surface area contributed by atoms with E-state index in [4.69, 9.17) is 4.74 Å². The largest absolute Gasteiger partial charge is 0.497 e. The van der Waals surface area contributed by atoms with Crippen LogP contribution in [0.5, 0.6) is 5.75 Å². The number of hydrogen-bond acceptors (Lipinski definition) is 4. The Labute approximate surface area is 149 Å². The highest BCUT2D eigenvalue weighted by Gasteiger charge is 2.26. The Hall–Kier alpha value is -2.40. The molecule has 1 aliphatic rings. The van der Waals surface area contributed by atoms with Crippen LogP contribution >= 0.6 is 0 Å². The third-order valence-corrected chi connectivity index (χ3v) is 4.62. The first kappa shape index (κ1) is 17.4. The number of ether oxygens (including phenoxy) is 1. The second-order valence-corrected chi connectivity index (χ2v) is 6.32. The zero-order valence-corrected chi connectivity index (χ0v) is 14.6. The van der Waals surface area contributed by atoms with Crippen molar-refractivity contribution < 1.29 is 9.53 Å². The van der Waals surface area contributed by atoms with Crippen molar-refractivity contribution in [2.75, 3.05) is 20.2 Å². The smallest absolute Gasteiger partial charge is 0.254 e. The fourth-order valence-corrected chi connectivity index (χ4v) is 3.27. The molecule has 0 bridgehead atoms. The number of carbonyl (C=O) groups is 1. The molecular formula is C20H25N3O2. The van der Waals surface area contributed by atoms with Crippen LogP contribution in [0.15, 0.2) is 48.7 Å². The van der Waals surface area contributed by atoms with Crippen LogP contribution in [0.2, 0.25) is 0 Å². The highest BCUT2D eigenvalue weighted by molar-refractivity contribution is 5.94. The second-order valence-electron chi connectivity index (χ2n) is 6.32. The van der Waals surface area contributed by atoms with Gasteiger partial charge in [-0.3, -0.25) is 9.78 Å². The van der Waals surface area contributed by atoms with Gasteiger partial charge in [-0.05, 0) is 62.7 Å². The van der Waals surface area contributed by atoms with Gasteiger partial charge in [-0.25, -0.2) is 0 Å². The van der Waals surface area contributed by atoms with Gasteiger partial charge in [0, 0.05) is 17.8 Å². The van der Waals surface area contributed by atoms with Gasteiger partial charge < -0.3 is 15.0 Å². The number of benzene rings is 1. The van der Waals surface area contributed by atoms with Crippen LogP contribution in [-0.2, 0) is 6.54 Å². The maximum Gasteiger partial charge on any atom is 0.254 e. The van der Waals surface area contributed by atoms with Crippen molar-refractivity contribution in [2.24, 2.45) is 0 Å². The van der Waals surface area contributed by atoms with Crippen LogP contribution in [-0.4, -0.2) is 42.0 Å². The minimum Gasteiger partial charge on any atom is -0.497 e. The first-order chi connectivity index (χ1) is 12.3. The van der Waals surface area contributed by atoms with Gasteiger partial charge in [-0.1, -0.05) is 12.1 Å². The molecule has 0 radical (unpaired) electrons. The molecule has 0 saturated carbocycles. The van der Waals surface area contributed by atoms with Crippen LogP contribution in [0, 0.1) is 0 Å². The molecule has 5 nitrogen and oxygen atoms in total. The Morgan fingerprint density at radius 2 is 2.16 bits per heavy atom. The standard InChI is InChI=1S/C20H25N3O2/c1-25-19-9-4-6-16(14-19)20(24)23(15-17-7-2-3-12-22-17)18-8-5-11-21-13-10-18/h2-4,6-7,9,12,14,18,21H,5,8,10-11,13,15H2,1H3/t18-/m1/s1. The minimum atomic E-state index is 0.0384. The number of rotatable bonds is 5. The van der Waals surface area contributed by atoms with Gasteiger partial charge >= 0.3 is 0 Å². The lowest BCUT2D eigenvalue weighted by Crippen LogP contribution is -2.40. The molecule has 0 spiro atoms. The zero-order chi connectivity index (χ0) is 17.5. The van der Waals surface area contributed by atoms with E-state index in [1.165, 1.54) is 0 Å². The van der Waals surface area contributed by atoms with E-state index in [-0.39, 0.29) is 11.9 Å². The Kier molecular flexibility index (Phi) is 6.01. The van der Waals surface area contributed by atoms with Gasteiger partial charge in [0.1, 0.15) is 5.75 Å². The number of pyridine rings is 1. The molecular weight excluding hydrogens is 314 g/mol. The number of methoxy groups -OCH3 is 1. The molecule has 1 fully saturated rings. The SMILES string of the molecule is COc1cccc(C(=O)N(Cc2ccccn2)[C@@H]2CCCNCC2)c1. The van der Waals surface area contributed by atoms with Crippen LogP contribution in [0.1, 0.15) is 35.3 Å². The third kappa shape index (κ3) is 4.57. The van der Waals surface area contributed by atoms with E-state index in [1.807, 2.05) is 47.4 Å².